The summed E-state index contributed by atoms with van der Waals surface area (Å²) < 4.78 is 0. The number of hydrogen-bond donors (Lipinski definition) is 1. The molecule has 1 aromatic rings. The average molecular weight is 291 g/mol. The molecule has 3 nitrogen and oxygen atoms in total. The number of aryl methyl sites for hydroxylation is 1. The molecule has 1 atom stereocenters. The first-order valence-corrected chi connectivity index (χ1v) is 7.35. The number of thioether (sulfide) groups is 1. The van der Waals surface area contributed by atoms with Gasteiger partial charge in [-0.15, -0.1) is 0 Å². The van der Waals surface area contributed by atoms with E-state index in [4.69, 9.17) is 0 Å². The van der Waals surface area contributed by atoms with Crippen LogP contribution in [0, 0.1) is 6.92 Å². The quantitative estimate of drug-likeness (QED) is 0.573. The van der Waals surface area contributed by atoms with E-state index in [9.17, 15) is 9.90 Å². The first-order valence-electron chi connectivity index (χ1n) is 6.20. The summed E-state index contributed by atoms with van der Waals surface area (Å²) in [5, 5.41) is 9.18. The molecule has 1 rings (SSSR count). The third kappa shape index (κ3) is 6.21. The van der Waals surface area contributed by atoms with E-state index in [0.717, 1.165) is 23.7 Å². The Morgan fingerprint density at radius 1 is 1.42 bits per heavy atom. The Morgan fingerprint density at radius 2 is 2.00 bits per heavy atom. The van der Waals surface area contributed by atoms with Gasteiger partial charge in [0.15, 0.2) is 0 Å². The van der Waals surface area contributed by atoms with Crippen molar-refractivity contribution in [1.82, 2.24) is 0 Å². The van der Waals surface area contributed by atoms with Gasteiger partial charge in [0.25, 0.3) is 0 Å². The van der Waals surface area contributed by atoms with E-state index in [0.29, 0.717) is 0 Å². The zero-order chi connectivity index (χ0) is 13.5. The summed E-state index contributed by atoms with van der Waals surface area (Å²) in [5.41, 5.74) is 2.16. The van der Waals surface area contributed by atoms with Crippen molar-refractivity contribution in [3.8, 4) is 0 Å². The fraction of sp³-hybridized carbons (Fsp3) is 0.500. The van der Waals surface area contributed by atoms with Crippen LogP contribution >= 0.6 is 11.8 Å². The molecule has 0 aromatic heterocycles. The van der Waals surface area contributed by atoms with Gasteiger partial charge in [-0.2, -0.15) is 11.8 Å². The van der Waals surface area contributed by atoms with E-state index in [2.05, 4.69) is 6.92 Å². The molecule has 0 amide bonds. The Morgan fingerprint density at radius 3 is 2.47 bits per heavy atom. The van der Waals surface area contributed by atoms with Crippen LogP contribution in [0.5, 0.6) is 0 Å². The van der Waals surface area contributed by atoms with Crippen LogP contribution in [0.15, 0.2) is 24.3 Å². The first-order chi connectivity index (χ1) is 8.56. The van der Waals surface area contributed by atoms with Gasteiger partial charge in [-0.25, -0.2) is 4.79 Å². The number of hydrogen-bond acceptors (Lipinski definition) is 3. The van der Waals surface area contributed by atoms with E-state index < -0.39 is 12.0 Å². The average Bonchev–Trinajstić information content (AvgIpc) is 2.35. The molecule has 0 spiro atoms. The van der Waals surface area contributed by atoms with E-state index in [-0.39, 0.29) is 31.0 Å². The van der Waals surface area contributed by atoms with E-state index in [1.54, 1.807) is 6.92 Å². The molecular weight excluding hydrogens is 269 g/mol. The largest absolute Gasteiger partial charge is 1.00 e. The SMILES string of the molecule is CCSCCN(c1ccc(C)cc1)C(C)C(=O)O.[H-].[Na+]. The van der Waals surface area contributed by atoms with Gasteiger partial charge in [-0.05, 0) is 31.7 Å². The third-order valence-electron chi connectivity index (χ3n) is 2.87. The molecule has 19 heavy (non-hydrogen) atoms. The Hall–Kier alpha value is -0.160. The smallest absolute Gasteiger partial charge is 1.00 e. The Bertz CT molecular complexity index is 389. The van der Waals surface area contributed by atoms with E-state index >= 15 is 0 Å². The second-order valence-electron chi connectivity index (χ2n) is 4.24. The van der Waals surface area contributed by atoms with Crippen LogP contribution in [-0.2, 0) is 4.79 Å². The molecule has 0 saturated heterocycles. The normalized spacial score (nSPS) is 11.5. The van der Waals surface area contributed by atoms with Crippen molar-refractivity contribution in [2.45, 2.75) is 26.8 Å². The molecule has 1 unspecified atom stereocenters. The zero-order valence-corrected chi connectivity index (χ0v) is 15.0. The monoisotopic (exact) mass is 291 g/mol. The maximum atomic E-state index is 11.2. The van der Waals surface area contributed by atoms with Crippen LogP contribution in [0.25, 0.3) is 0 Å². The summed E-state index contributed by atoms with van der Waals surface area (Å²) in [7, 11) is 0. The summed E-state index contributed by atoms with van der Waals surface area (Å²) in [5.74, 6) is 1.22. The molecule has 0 aliphatic carbocycles. The van der Waals surface area contributed by atoms with Crippen LogP contribution in [-0.4, -0.2) is 35.2 Å². The second kappa shape index (κ2) is 9.70. The molecule has 0 fully saturated rings. The van der Waals surface area contributed by atoms with Gasteiger partial charge in [0.2, 0.25) is 0 Å². The molecule has 102 valence electrons. The molecule has 1 aromatic carbocycles. The Kier molecular flexibility index (Phi) is 9.62. The first kappa shape index (κ1) is 18.8. The predicted octanol–water partition coefficient (Wildman–Crippen LogP) is 0.144. The molecule has 1 N–H and O–H groups in total. The Labute approximate surface area is 143 Å². The van der Waals surface area contributed by atoms with Gasteiger partial charge in [0, 0.05) is 18.0 Å². The summed E-state index contributed by atoms with van der Waals surface area (Å²) in [6, 6.07) is 7.52. The van der Waals surface area contributed by atoms with Gasteiger partial charge in [0.05, 0.1) is 0 Å². The molecule has 5 heteroatoms. The number of rotatable bonds is 7. The van der Waals surface area contributed by atoms with Gasteiger partial charge in [-0.3, -0.25) is 0 Å². The second-order valence-corrected chi connectivity index (χ2v) is 5.63. The summed E-state index contributed by atoms with van der Waals surface area (Å²) >= 11 is 1.83. The van der Waals surface area contributed by atoms with Crippen LogP contribution < -0.4 is 34.5 Å². The molecule has 0 bridgehead atoms. The molecule has 0 saturated carbocycles. The number of nitrogens with zero attached hydrogens (tertiary/aromatic N) is 1. The van der Waals surface area contributed by atoms with Crippen molar-refractivity contribution >= 4 is 23.4 Å². The number of carbonyl (C=O) groups is 1. The summed E-state index contributed by atoms with van der Waals surface area (Å²) in [6.07, 6.45) is 0. The van der Waals surface area contributed by atoms with Gasteiger partial charge in [0.1, 0.15) is 6.04 Å². The molecule has 0 heterocycles. The fourth-order valence-corrected chi connectivity index (χ4v) is 2.34. The standard InChI is InChI=1S/C14H21NO2S.Na.H/c1-4-18-10-9-15(12(3)14(16)17)13-7-5-11(2)6-8-13;;/h5-8,12H,4,9-10H2,1-3H3,(H,16,17);;/q;+1;-1. The van der Waals surface area contributed by atoms with Crippen LogP contribution in [0.1, 0.15) is 20.8 Å². The van der Waals surface area contributed by atoms with Crippen molar-refractivity contribution in [2.24, 2.45) is 0 Å². The molecule has 0 aliphatic rings. The number of benzene rings is 1. The number of aliphatic carboxylic acids is 1. The molecular formula is C14H22NNaO2S. The van der Waals surface area contributed by atoms with Crippen LogP contribution in [0.3, 0.4) is 0 Å². The van der Waals surface area contributed by atoms with Gasteiger partial charge in [-0.1, -0.05) is 24.6 Å². The minimum Gasteiger partial charge on any atom is -1.00 e. The van der Waals surface area contributed by atoms with Crippen molar-refractivity contribution in [3.63, 3.8) is 0 Å². The Balaban J connectivity index is 0. The van der Waals surface area contributed by atoms with Crippen LogP contribution in [0.2, 0.25) is 0 Å². The van der Waals surface area contributed by atoms with E-state index in [1.165, 1.54) is 5.56 Å². The molecule has 0 aliphatic heterocycles. The van der Waals surface area contributed by atoms with Gasteiger partial charge >= 0.3 is 35.5 Å². The maximum absolute atomic E-state index is 11.2. The van der Waals surface area contributed by atoms with Crippen molar-refractivity contribution in [1.29, 1.82) is 0 Å². The number of anilines is 1. The van der Waals surface area contributed by atoms with Gasteiger partial charge < -0.3 is 11.4 Å². The number of carboxylic acids is 1. The minimum atomic E-state index is -0.780. The molecule has 0 radical (unpaired) electrons. The third-order valence-corrected chi connectivity index (χ3v) is 3.75. The van der Waals surface area contributed by atoms with Crippen molar-refractivity contribution < 1.29 is 40.9 Å². The summed E-state index contributed by atoms with van der Waals surface area (Å²) in [4.78, 5) is 13.1. The fourth-order valence-electron chi connectivity index (χ4n) is 1.72. The van der Waals surface area contributed by atoms with Crippen LogP contribution in [0.4, 0.5) is 5.69 Å². The minimum absolute atomic E-state index is 0. The van der Waals surface area contributed by atoms with E-state index in [1.807, 2.05) is 47.9 Å². The van der Waals surface area contributed by atoms with Crippen molar-refractivity contribution in [3.05, 3.63) is 29.8 Å². The van der Waals surface area contributed by atoms with Crippen molar-refractivity contribution in [2.75, 3.05) is 23.0 Å². The topological polar surface area (TPSA) is 40.5 Å². The maximum Gasteiger partial charge on any atom is 1.00 e. The number of carboxylic acid groups (broad SMARTS) is 1. The zero-order valence-electron chi connectivity index (χ0n) is 13.2. The predicted molar refractivity (Wildman–Crippen MR) is 79.7 cm³/mol. The summed E-state index contributed by atoms with van der Waals surface area (Å²) in [6.45, 7) is 6.64.